The number of para-hydroxylation sites is 1. The number of fused-ring (bicyclic) bond motifs is 1. The predicted octanol–water partition coefficient (Wildman–Crippen LogP) is 2.92. The highest BCUT2D eigenvalue weighted by molar-refractivity contribution is 6.00. The molecule has 4 rings (SSSR count). The van der Waals surface area contributed by atoms with Gasteiger partial charge in [0.25, 0.3) is 0 Å². The van der Waals surface area contributed by atoms with E-state index in [9.17, 15) is 9.90 Å². The molecule has 1 N–H and O–H groups in total. The van der Waals surface area contributed by atoms with E-state index in [2.05, 4.69) is 9.55 Å². The molecule has 2 aliphatic rings. The molecule has 4 nitrogen and oxygen atoms in total. The molecule has 1 aromatic carbocycles. The predicted molar refractivity (Wildman–Crippen MR) is 71.1 cm³/mol. The first kappa shape index (κ1) is 11.0. The summed E-state index contributed by atoms with van der Waals surface area (Å²) >= 11 is 0. The maximum atomic E-state index is 11.2. The van der Waals surface area contributed by atoms with Crippen LogP contribution in [0.4, 0.5) is 0 Å². The van der Waals surface area contributed by atoms with Gasteiger partial charge in [0, 0.05) is 6.54 Å². The van der Waals surface area contributed by atoms with E-state index in [1.54, 1.807) is 18.5 Å². The first-order valence-corrected chi connectivity index (χ1v) is 6.87. The lowest BCUT2D eigenvalue weighted by Crippen LogP contribution is -2.13. The zero-order chi connectivity index (χ0) is 13.0. The zero-order valence-electron chi connectivity index (χ0n) is 10.7. The van der Waals surface area contributed by atoms with Gasteiger partial charge in [-0.2, -0.15) is 0 Å². The molecular formula is C15H16N2O2. The summed E-state index contributed by atoms with van der Waals surface area (Å²) in [5, 5.41) is 9.19. The van der Waals surface area contributed by atoms with E-state index < -0.39 is 5.97 Å². The van der Waals surface area contributed by atoms with Crippen LogP contribution in [0.3, 0.4) is 0 Å². The van der Waals surface area contributed by atoms with E-state index in [0.717, 1.165) is 18.0 Å². The maximum absolute atomic E-state index is 11.2. The van der Waals surface area contributed by atoms with Crippen LogP contribution in [-0.4, -0.2) is 20.6 Å². The van der Waals surface area contributed by atoms with Gasteiger partial charge in [-0.15, -0.1) is 0 Å². The van der Waals surface area contributed by atoms with E-state index in [4.69, 9.17) is 0 Å². The molecular weight excluding hydrogens is 240 g/mol. The molecule has 0 amide bonds. The fourth-order valence-electron chi connectivity index (χ4n) is 3.28. The number of aromatic nitrogens is 2. The summed E-state index contributed by atoms with van der Waals surface area (Å²) in [4.78, 5) is 15.5. The van der Waals surface area contributed by atoms with Crippen LogP contribution in [-0.2, 0) is 6.54 Å². The van der Waals surface area contributed by atoms with Crippen LogP contribution in [0.2, 0.25) is 0 Å². The molecule has 0 atom stereocenters. The Kier molecular flexibility index (Phi) is 2.08. The van der Waals surface area contributed by atoms with Crippen LogP contribution < -0.4 is 0 Å². The topological polar surface area (TPSA) is 55.1 Å². The van der Waals surface area contributed by atoms with Gasteiger partial charge in [-0.3, -0.25) is 0 Å². The van der Waals surface area contributed by atoms with E-state index in [1.165, 1.54) is 25.7 Å². The largest absolute Gasteiger partial charge is 0.478 e. The fourth-order valence-corrected chi connectivity index (χ4v) is 3.28. The van der Waals surface area contributed by atoms with E-state index >= 15 is 0 Å². The van der Waals surface area contributed by atoms with Crippen LogP contribution >= 0.6 is 0 Å². The molecule has 2 aliphatic carbocycles. The number of carboxylic acid groups (broad SMARTS) is 1. The molecule has 2 aromatic rings. The Morgan fingerprint density at radius 2 is 2.21 bits per heavy atom. The monoisotopic (exact) mass is 256 g/mol. The summed E-state index contributed by atoms with van der Waals surface area (Å²) in [6.45, 7) is 0.997. The van der Waals surface area contributed by atoms with Crippen molar-refractivity contribution in [2.24, 2.45) is 11.3 Å². The average Bonchev–Trinajstić information content (AvgIpc) is 3.28. The Balaban J connectivity index is 1.75. The lowest BCUT2D eigenvalue weighted by Gasteiger charge is -2.15. The van der Waals surface area contributed by atoms with Gasteiger partial charge in [0.2, 0.25) is 0 Å². The van der Waals surface area contributed by atoms with Gasteiger partial charge in [0.05, 0.1) is 17.4 Å². The molecule has 0 aliphatic heterocycles. The molecule has 19 heavy (non-hydrogen) atoms. The molecule has 2 saturated carbocycles. The summed E-state index contributed by atoms with van der Waals surface area (Å²) in [5.74, 6) is -0.00761. The Hall–Kier alpha value is -1.84. The second kappa shape index (κ2) is 3.59. The third-order valence-electron chi connectivity index (χ3n) is 4.70. The third kappa shape index (κ3) is 1.66. The number of benzene rings is 1. The number of hydrogen-bond donors (Lipinski definition) is 1. The normalized spacial score (nSPS) is 20.6. The van der Waals surface area contributed by atoms with Gasteiger partial charge >= 0.3 is 5.97 Å². The molecule has 0 radical (unpaired) electrons. The minimum absolute atomic E-state index is 0.299. The van der Waals surface area contributed by atoms with Gasteiger partial charge < -0.3 is 9.67 Å². The Morgan fingerprint density at radius 1 is 1.42 bits per heavy atom. The second-order valence-corrected chi connectivity index (χ2v) is 5.99. The van der Waals surface area contributed by atoms with Gasteiger partial charge in [0.1, 0.15) is 5.52 Å². The quantitative estimate of drug-likeness (QED) is 0.915. The SMILES string of the molecule is O=C(O)c1cccc2c1ncn2CC1(C2CC2)CC1. The number of aromatic carboxylic acids is 1. The lowest BCUT2D eigenvalue weighted by molar-refractivity contribution is 0.0699. The fraction of sp³-hybridized carbons (Fsp3) is 0.467. The number of imidazole rings is 1. The minimum Gasteiger partial charge on any atom is -0.478 e. The smallest absolute Gasteiger partial charge is 0.337 e. The lowest BCUT2D eigenvalue weighted by atomic mass is 10.0. The molecule has 1 heterocycles. The Labute approximate surface area is 111 Å². The van der Waals surface area contributed by atoms with Crippen LogP contribution in [0.1, 0.15) is 36.0 Å². The van der Waals surface area contributed by atoms with Gasteiger partial charge in [-0.05, 0) is 49.1 Å². The van der Waals surface area contributed by atoms with Crippen LogP contribution in [0.15, 0.2) is 24.5 Å². The molecule has 2 fully saturated rings. The highest BCUT2D eigenvalue weighted by Crippen LogP contribution is 2.62. The highest BCUT2D eigenvalue weighted by Gasteiger charge is 2.53. The number of hydrogen-bond acceptors (Lipinski definition) is 2. The molecule has 4 heteroatoms. The standard InChI is InChI=1S/C15H16N2O2/c18-14(19)11-2-1-3-12-13(11)16-9-17(12)8-15(6-7-15)10-4-5-10/h1-3,9-10H,4-8H2,(H,18,19). The van der Waals surface area contributed by atoms with Crippen molar-refractivity contribution in [1.29, 1.82) is 0 Å². The molecule has 1 aromatic heterocycles. The van der Waals surface area contributed by atoms with Crippen LogP contribution in [0.25, 0.3) is 11.0 Å². The third-order valence-corrected chi connectivity index (χ3v) is 4.70. The van der Waals surface area contributed by atoms with Crippen LogP contribution in [0.5, 0.6) is 0 Å². The molecule has 0 saturated heterocycles. The maximum Gasteiger partial charge on any atom is 0.337 e. The van der Waals surface area contributed by atoms with Gasteiger partial charge in [0.15, 0.2) is 0 Å². The number of rotatable bonds is 4. The number of carbonyl (C=O) groups is 1. The summed E-state index contributed by atoms with van der Waals surface area (Å²) in [6.07, 6.45) is 7.17. The van der Waals surface area contributed by atoms with E-state index in [1.807, 2.05) is 6.07 Å². The first-order valence-electron chi connectivity index (χ1n) is 6.87. The van der Waals surface area contributed by atoms with Crippen LogP contribution in [0, 0.1) is 11.3 Å². The van der Waals surface area contributed by atoms with E-state index in [-0.39, 0.29) is 0 Å². The molecule has 0 spiro atoms. The van der Waals surface area contributed by atoms with Crippen molar-refractivity contribution in [3.05, 3.63) is 30.1 Å². The number of nitrogens with zero attached hydrogens (tertiary/aromatic N) is 2. The minimum atomic E-state index is -0.904. The zero-order valence-corrected chi connectivity index (χ0v) is 10.7. The second-order valence-electron chi connectivity index (χ2n) is 5.99. The average molecular weight is 256 g/mol. The number of carboxylic acids is 1. The Morgan fingerprint density at radius 3 is 2.84 bits per heavy atom. The summed E-state index contributed by atoms with van der Waals surface area (Å²) in [5.41, 5.74) is 2.35. The summed E-state index contributed by atoms with van der Waals surface area (Å²) in [6, 6.07) is 5.40. The van der Waals surface area contributed by atoms with Crippen molar-refractivity contribution in [2.75, 3.05) is 0 Å². The summed E-state index contributed by atoms with van der Waals surface area (Å²) < 4.78 is 2.15. The molecule has 98 valence electrons. The molecule has 0 bridgehead atoms. The molecule has 0 unspecified atom stereocenters. The van der Waals surface area contributed by atoms with Crippen molar-refractivity contribution < 1.29 is 9.90 Å². The van der Waals surface area contributed by atoms with Crippen molar-refractivity contribution in [3.63, 3.8) is 0 Å². The highest BCUT2D eigenvalue weighted by atomic mass is 16.4. The van der Waals surface area contributed by atoms with Crippen molar-refractivity contribution >= 4 is 17.0 Å². The first-order chi connectivity index (χ1) is 9.20. The van der Waals surface area contributed by atoms with Crippen molar-refractivity contribution in [2.45, 2.75) is 32.2 Å². The van der Waals surface area contributed by atoms with Gasteiger partial charge in [-0.1, -0.05) is 6.07 Å². The summed E-state index contributed by atoms with van der Waals surface area (Å²) in [7, 11) is 0. The van der Waals surface area contributed by atoms with Gasteiger partial charge in [-0.25, -0.2) is 9.78 Å². The van der Waals surface area contributed by atoms with Crippen molar-refractivity contribution in [3.8, 4) is 0 Å². The van der Waals surface area contributed by atoms with E-state index in [0.29, 0.717) is 16.5 Å². The Bertz CT molecular complexity index is 666. The van der Waals surface area contributed by atoms with Crippen molar-refractivity contribution in [1.82, 2.24) is 9.55 Å².